The Balaban J connectivity index is 1.33. The van der Waals surface area contributed by atoms with Crippen molar-refractivity contribution in [2.24, 2.45) is 0 Å². The molecular weight excluding hydrogens is 498 g/mol. The predicted molar refractivity (Wildman–Crippen MR) is 144 cm³/mol. The highest BCUT2D eigenvalue weighted by molar-refractivity contribution is 6.10. The lowest BCUT2D eigenvalue weighted by atomic mass is 9.98. The summed E-state index contributed by atoms with van der Waals surface area (Å²) in [6.45, 7) is 7.14. The first-order valence-corrected chi connectivity index (χ1v) is 13.2. The van der Waals surface area contributed by atoms with E-state index in [1.165, 1.54) is 12.0 Å². The summed E-state index contributed by atoms with van der Waals surface area (Å²) in [5.41, 5.74) is 1.39. The number of aliphatic hydroxyl groups is 1. The topological polar surface area (TPSA) is 114 Å². The van der Waals surface area contributed by atoms with Crippen molar-refractivity contribution in [3.8, 4) is 17.6 Å². The Bertz CT molecular complexity index is 1330. The summed E-state index contributed by atoms with van der Waals surface area (Å²) in [5.74, 6) is 5.69. The van der Waals surface area contributed by atoms with Gasteiger partial charge in [0.15, 0.2) is 0 Å². The number of hydrogen-bond donors (Lipinski definition) is 3. The average Bonchev–Trinajstić information content (AvgIpc) is 3.42. The van der Waals surface area contributed by atoms with Crippen LogP contribution < -0.4 is 15.4 Å². The first kappa shape index (κ1) is 26.7. The van der Waals surface area contributed by atoms with Crippen molar-refractivity contribution in [1.82, 2.24) is 25.3 Å². The number of imide groups is 1. The summed E-state index contributed by atoms with van der Waals surface area (Å²) in [7, 11) is 1.53. The van der Waals surface area contributed by atoms with E-state index in [9.17, 15) is 19.5 Å². The Morgan fingerprint density at radius 3 is 2.44 bits per heavy atom. The van der Waals surface area contributed by atoms with Crippen LogP contribution in [0.2, 0.25) is 0 Å². The van der Waals surface area contributed by atoms with Crippen molar-refractivity contribution < 1.29 is 24.2 Å². The third-order valence-corrected chi connectivity index (χ3v) is 7.75. The molecule has 2 fully saturated rings. The van der Waals surface area contributed by atoms with Crippen LogP contribution in [0.5, 0.6) is 5.75 Å². The molecule has 10 heteroatoms. The molecule has 39 heavy (non-hydrogen) atoms. The van der Waals surface area contributed by atoms with Gasteiger partial charge >= 0.3 is 6.03 Å². The van der Waals surface area contributed by atoms with Gasteiger partial charge in [0.1, 0.15) is 5.75 Å². The van der Waals surface area contributed by atoms with Crippen molar-refractivity contribution >= 4 is 17.8 Å². The van der Waals surface area contributed by atoms with Gasteiger partial charge in [-0.15, -0.1) is 0 Å². The molecule has 204 valence electrons. The Labute approximate surface area is 227 Å². The predicted octanol–water partition coefficient (Wildman–Crippen LogP) is 0.952. The van der Waals surface area contributed by atoms with Gasteiger partial charge in [0.2, 0.25) is 5.54 Å². The minimum absolute atomic E-state index is 0.0184. The average molecular weight is 532 g/mol. The van der Waals surface area contributed by atoms with Crippen LogP contribution in [-0.4, -0.2) is 96.2 Å². The zero-order chi connectivity index (χ0) is 27.6. The van der Waals surface area contributed by atoms with Crippen LogP contribution in [0.25, 0.3) is 0 Å². The number of likely N-dealkylation sites (N-methyl/N-ethyl adjacent to an activating group) is 1. The van der Waals surface area contributed by atoms with Crippen molar-refractivity contribution in [1.29, 1.82) is 0 Å². The number of carbonyl (C=O) groups excluding carboxylic acids is 3. The van der Waals surface area contributed by atoms with Crippen LogP contribution in [0.3, 0.4) is 0 Å². The fourth-order valence-corrected chi connectivity index (χ4v) is 5.40. The number of nitrogens with zero attached hydrogens (tertiary/aromatic N) is 3. The number of nitrogens with one attached hydrogen (secondary N) is 2. The highest BCUT2D eigenvalue weighted by Gasteiger charge is 2.48. The fourth-order valence-electron chi connectivity index (χ4n) is 5.40. The molecule has 10 nitrogen and oxygen atoms in total. The van der Waals surface area contributed by atoms with Crippen LogP contribution in [0, 0.1) is 11.8 Å². The summed E-state index contributed by atoms with van der Waals surface area (Å²) in [4.78, 5) is 44.3. The summed E-state index contributed by atoms with van der Waals surface area (Å²) in [5, 5.41) is 15.0. The number of ether oxygens (including phenoxy) is 1. The lowest BCUT2D eigenvalue weighted by Gasteiger charge is -2.38. The quantitative estimate of drug-likeness (QED) is 0.360. The molecule has 0 aliphatic carbocycles. The number of methoxy groups -OCH3 is 1. The van der Waals surface area contributed by atoms with Gasteiger partial charge in [-0.3, -0.25) is 19.8 Å². The van der Waals surface area contributed by atoms with E-state index in [4.69, 9.17) is 4.74 Å². The number of rotatable bonds is 7. The van der Waals surface area contributed by atoms with E-state index in [1.807, 2.05) is 30.3 Å². The number of urea groups is 1. The van der Waals surface area contributed by atoms with Crippen molar-refractivity contribution in [2.75, 3.05) is 53.0 Å². The number of fused-ring (bicyclic) bond motifs is 1. The molecule has 4 amide bonds. The van der Waals surface area contributed by atoms with E-state index < -0.39 is 17.5 Å². The van der Waals surface area contributed by atoms with E-state index in [1.54, 1.807) is 12.1 Å². The number of aliphatic hydroxyl groups excluding tert-OH is 1. The minimum Gasteiger partial charge on any atom is -0.497 e. The second-order valence-electron chi connectivity index (χ2n) is 10.0. The SMILES string of the molecule is CCN1CCN(C(CO)c2ccc(C#CC3(CN4Cc5ccc(OC)cc5C4=O)NC(=O)NC3=O)cc2)CC1. The maximum atomic E-state index is 13.1. The standard InChI is InChI=1S/C29H33N5O5/c1-3-32-12-14-33(15-13-32)25(18-35)21-6-4-20(5-7-21)10-11-29(27(37)30-28(38)31-29)19-34-17-22-8-9-23(39-2)16-24(22)26(34)36/h4-9,16,25,35H,3,12-15,17-19H2,1-2H3,(H2,30,31,37,38). The third kappa shape index (κ3) is 5.34. The second kappa shape index (κ2) is 11.1. The summed E-state index contributed by atoms with van der Waals surface area (Å²) < 4.78 is 5.24. The summed E-state index contributed by atoms with van der Waals surface area (Å²) in [6.07, 6.45) is 0. The lowest BCUT2D eigenvalue weighted by molar-refractivity contribution is -0.122. The molecule has 0 saturated carbocycles. The molecule has 2 aromatic carbocycles. The van der Waals surface area contributed by atoms with Crippen LogP contribution in [0.4, 0.5) is 4.79 Å². The van der Waals surface area contributed by atoms with Gasteiger partial charge in [-0.05, 0) is 41.9 Å². The number of amides is 4. The molecule has 0 spiro atoms. The summed E-state index contributed by atoms with van der Waals surface area (Å²) in [6, 6.07) is 12.1. The smallest absolute Gasteiger partial charge is 0.323 e. The minimum atomic E-state index is -1.58. The lowest BCUT2D eigenvalue weighted by Crippen LogP contribution is -2.54. The van der Waals surface area contributed by atoms with E-state index in [0.29, 0.717) is 23.4 Å². The molecule has 3 N–H and O–H groups in total. The first-order valence-electron chi connectivity index (χ1n) is 13.2. The van der Waals surface area contributed by atoms with Gasteiger partial charge in [0.25, 0.3) is 11.8 Å². The zero-order valence-electron chi connectivity index (χ0n) is 22.2. The van der Waals surface area contributed by atoms with Crippen LogP contribution in [0.15, 0.2) is 42.5 Å². The Morgan fingerprint density at radius 1 is 1.08 bits per heavy atom. The van der Waals surface area contributed by atoms with Crippen LogP contribution >= 0.6 is 0 Å². The molecule has 2 unspecified atom stereocenters. The van der Waals surface area contributed by atoms with Gasteiger partial charge in [0.05, 0.1) is 26.3 Å². The fraction of sp³-hybridized carbons (Fsp3) is 0.414. The molecular formula is C29H33N5O5. The van der Waals surface area contributed by atoms with Gasteiger partial charge in [0, 0.05) is 43.9 Å². The van der Waals surface area contributed by atoms with Crippen LogP contribution in [-0.2, 0) is 11.3 Å². The molecule has 3 heterocycles. The van der Waals surface area contributed by atoms with Gasteiger partial charge in [-0.1, -0.05) is 37.0 Å². The third-order valence-electron chi connectivity index (χ3n) is 7.75. The van der Waals surface area contributed by atoms with E-state index >= 15 is 0 Å². The molecule has 5 rings (SSSR count). The second-order valence-corrected chi connectivity index (χ2v) is 10.0. The van der Waals surface area contributed by atoms with Crippen molar-refractivity contribution in [2.45, 2.75) is 25.0 Å². The van der Waals surface area contributed by atoms with Gasteiger partial charge in [-0.25, -0.2) is 4.79 Å². The van der Waals surface area contributed by atoms with E-state index in [-0.39, 0.29) is 25.1 Å². The normalized spacial score (nSPS) is 22.1. The van der Waals surface area contributed by atoms with Crippen molar-refractivity contribution in [3.05, 3.63) is 64.7 Å². The number of benzene rings is 2. The number of hydrogen-bond acceptors (Lipinski definition) is 7. The molecule has 3 aliphatic heterocycles. The molecule has 2 atom stereocenters. The van der Waals surface area contributed by atoms with Crippen LogP contribution in [0.1, 0.15) is 40.0 Å². The maximum absolute atomic E-state index is 13.1. The highest BCUT2D eigenvalue weighted by atomic mass is 16.5. The van der Waals surface area contributed by atoms with E-state index in [2.05, 4.69) is 39.2 Å². The Kier molecular flexibility index (Phi) is 7.57. The monoisotopic (exact) mass is 531 g/mol. The molecule has 0 bridgehead atoms. The Hall–Kier alpha value is -3.91. The number of piperazine rings is 1. The van der Waals surface area contributed by atoms with Gasteiger partial charge in [-0.2, -0.15) is 0 Å². The molecule has 0 aromatic heterocycles. The van der Waals surface area contributed by atoms with Gasteiger partial charge < -0.3 is 25.0 Å². The molecule has 2 aromatic rings. The summed E-state index contributed by atoms with van der Waals surface area (Å²) >= 11 is 0. The largest absolute Gasteiger partial charge is 0.497 e. The van der Waals surface area contributed by atoms with Crippen molar-refractivity contribution in [3.63, 3.8) is 0 Å². The molecule has 3 aliphatic rings. The molecule has 0 radical (unpaired) electrons. The first-order chi connectivity index (χ1) is 18.9. The highest BCUT2D eigenvalue weighted by Crippen LogP contribution is 2.29. The Morgan fingerprint density at radius 2 is 1.82 bits per heavy atom. The maximum Gasteiger partial charge on any atom is 0.323 e. The van der Waals surface area contributed by atoms with E-state index in [0.717, 1.165) is 43.9 Å². The molecule has 2 saturated heterocycles. The number of carbonyl (C=O) groups is 3. The zero-order valence-corrected chi connectivity index (χ0v) is 22.2.